The molecule has 0 aromatic heterocycles. The zero-order chi connectivity index (χ0) is 18.4. The van der Waals surface area contributed by atoms with Gasteiger partial charge >= 0.3 is 0 Å². The fraction of sp³-hybridized carbons (Fsp3) is 1.00. The molecule has 0 unspecified atom stereocenters. The van der Waals surface area contributed by atoms with Crippen molar-refractivity contribution < 1.29 is 0 Å². The number of nitrogens with zero attached hydrogens (tertiary/aromatic N) is 3. The minimum atomic E-state index is 0.880. The summed E-state index contributed by atoms with van der Waals surface area (Å²) in [5.41, 5.74) is 0. The van der Waals surface area contributed by atoms with Crippen LogP contribution in [-0.4, -0.2) is 72.6 Å². The molecular weight excluding hydrogens is 318 g/mol. The number of hydrogen-bond acceptors (Lipinski definition) is 3. The molecule has 26 heavy (non-hydrogen) atoms. The standard InChI is InChI=1S/C23H45N3/c1-4-5-6-13-24-14-9-22(10-15-24)26-18-11-23(12-19-26)25-16-7-21(8-17-25)20(2)3/h20-23H,4-19H2,1-3H3. The van der Waals surface area contributed by atoms with Crippen molar-refractivity contribution in [3.05, 3.63) is 0 Å². The Balaban J connectivity index is 1.33. The lowest BCUT2D eigenvalue weighted by Crippen LogP contribution is -2.52. The molecule has 0 saturated carbocycles. The van der Waals surface area contributed by atoms with E-state index in [1.807, 2.05) is 0 Å². The Morgan fingerprint density at radius 1 is 0.692 bits per heavy atom. The van der Waals surface area contributed by atoms with E-state index in [0.717, 1.165) is 23.9 Å². The molecule has 3 heteroatoms. The van der Waals surface area contributed by atoms with Crippen molar-refractivity contribution in [3.63, 3.8) is 0 Å². The van der Waals surface area contributed by atoms with Crippen molar-refractivity contribution in [1.82, 2.24) is 14.7 Å². The number of likely N-dealkylation sites (tertiary alicyclic amines) is 3. The molecule has 3 aliphatic rings. The molecule has 3 nitrogen and oxygen atoms in total. The quantitative estimate of drug-likeness (QED) is 0.618. The smallest absolute Gasteiger partial charge is 0.0120 e. The lowest BCUT2D eigenvalue weighted by atomic mass is 9.85. The highest BCUT2D eigenvalue weighted by Gasteiger charge is 2.32. The average Bonchev–Trinajstić information content (AvgIpc) is 2.69. The first-order valence-electron chi connectivity index (χ1n) is 11.9. The second-order valence-corrected chi connectivity index (χ2v) is 9.66. The summed E-state index contributed by atoms with van der Waals surface area (Å²) in [4.78, 5) is 8.41. The van der Waals surface area contributed by atoms with Crippen molar-refractivity contribution in [3.8, 4) is 0 Å². The monoisotopic (exact) mass is 363 g/mol. The second kappa shape index (κ2) is 10.4. The maximum Gasteiger partial charge on any atom is 0.0120 e. The third-order valence-corrected chi connectivity index (χ3v) is 7.68. The summed E-state index contributed by atoms with van der Waals surface area (Å²) in [6.07, 6.45) is 12.7. The Kier molecular flexibility index (Phi) is 8.27. The van der Waals surface area contributed by atoms with Gasteiger partial charge < -0.3 is 14.7 Å². The Bertz CT molecular complexity index is 373. The fourth-order valence-electron chi connectivity index (χ4n) is 5.66. The SMILES string of the molecule is CCCCCN1CCC(N2CCC(N3CCC(C(C)C)CC3)CC2)CC1. The van der Waals surface area contributed by atoms with Gasteiger partial charge in [-0.1, -0.05) is 33.6 Å². The van der Waals surface area contributed by atoms with E-state index in [9.17, 15) is 0 Å². The summed E-state index contributed by atoms with van der Waals surface area (Å²) < 4.78 is 0. The number of piperidine rings is 3. The molecule has 152 valence electrons. The Labute approximate surface area is 163 Å². The molecule has 0 aromatic carbocycles. The van der Waals surface area contributed by atoms with Gasteiger partial charge in [-0.2, -0.15) is 0 Å². The number of unbranched alkanes of at least 4 members (excludes halogenated alkanes) is 2. The van der Waals surface area contributed by atoms with Crippen LogP contribution in [0.3, 0.4) is 0 Å². The highest BCUT2D eigenvalue weighted by atomic mass is 15.2. The van der Waals surface area contributed by atoms with Gasteiger partial charge in [0.15, 0.2) is 0 Å². The first-order chi connectivity index (χ1) is 12.7. The van der Waals surface area contributed by atoms with Crippen LogP contribution in [0.15, 0.2) is 0 Å². The van der Waals surface area contributed by atoms with Crippen LogP contribution >= 0.6 is 0 Å². The first kappa shape index (κ1) is 20.6. The normalized spacial score (nSPS) is 26.8. The average molecular weight is 364 g/mol. The van der Waals surface area contributed by atoms with Crippen LogP contribution in [0, 0.1) is 11.8 Å². The molecule has 3 fully saturated rings. The van der Waals surface area contributed by atoms with Crippen molar-refractivity contribution in [2.75, 3.05) is 45.8 Å². The molecule has 0 spiro atoms. The van der Waals surface area contributed by atoms with Crippen LogP contribution in [0.2, 0.25) is 0 Å². The highest BCUT2D eigenvalue weighted by molar-refractivity contribution is 4.88. The first-order valence-corrected chi connectivity index (χ1v) is 11.9. The van der Waals surface area contributed by atoms with Crippen molar-refractivity contribution in [1.29, 1.82) is 0 Å². The molecule has 0 N–H and O–H groups in total. The van der Waals surface area contributed by atoms with Crippen LogP contribution in [-0.2, 0) is 0 Å². The van der Waals surface area contributed by atoms with E-state index in [2.05, 4.69) is 35.5 Å². The van der Waals surface area contributed by atoms with Gasteiger partial charge in [-0.3, -0.25) is 0 Å². The van der Waals surface area contributed by atoms with Crippen LogP contribution < -0.4 is 0 Å². The molecule has 0 amide bonds. The van der Waals surface area contributed by atoms with Crippen LogP contribution in [0.4, 0.5) is 0 Å². The van der Waals surface area contributed by atoms with E-state index in [0.29, 0.717) is 0 Å². The maximum atomic E-state index is 2.85. The van der Waals surface area contributed by atoms with E-state index < -0.39 is 0 Å². The topological polar surface area (TPSA) is 9.72 Å². The molecule has 0 aromatic rings. The van der Waals surface area contributed by atoms with Crippen molar-refractivity contribution >= 4 is 0 Å². The molecule has 0 bridgehead atoms. The molecule has 0 radical (unpaired) electrons. The Hall–Kier alpha value is -0.120. The van der Waals surface area contributed by atoms with Gasteiger partial charge in [0.25, 0.3) is 0 Å². The Morgan fingerprint density at radius 2 is 1.19 bits per heavy atom. The van der Waals surface area contributed by atoms with E-state index in [-0.39, 0.29) is 0 Å². The zero-order valence-corrected chi connectivity index (χ0v) is 18.0. The van der Waals surface area contributed by atoms with Gasteiger partial charge in [-0.25, -0.2) is 0 Å². The maximum absolute atomic E-state index is 2.85. The second-order valence-electron chi connectivity index (χ2n) is 9.66. The highest BCUT2D eigenvalue weighted by Crippen LogP contribution is 2.29. The van der Waals surface area contributed by atoms with Gasteiger partial charge in [0.1, 0.15) is 0 Å². The van der Waals surface area contributed by atoms with Crippen molar-refractivity contribution in [2.24, 2.45) is 11.8 Å². The third kappa shape index (κ3) is 5.69. The summed E-state index contributed by atoms with van der Waals surface area (Å²) in [5, 5.41) is 0. The zero-order valence-electron chi connectivity index (χ0n) is 18.0. The fourth-order valence-corrected chi connectivity index (χ4v) is 5.66. The lowest BCUT2D eigenvalue weighted by Gasteiger charge is -2.45. The summed E-state index contributed by atoms with van der Waals surface area (Å²) >= 11 is 0. The molecule has 0 aliphatic carbocycles. The van der Waals surface area contributed by atoms with Gasteiger partial charge in [0, 0.05) is 12.1 Å². The third-order valence-electron chi connectivity index (χ3n) is 7.68. The summed E-state index contributed by atoms with van der Waals surface area (Å²) in [6.45, 7) is 16.6. The molecule has 3 heterocycles. The van der Waals surface area contributed by atoms with Gasteiger partial charge in [-0.15, -0.1) is 0 Å². The van der Waals surface area contributed by atoms with Crippen LogP contribution in [0.25, 0.3) is 0 Å². The predicted molar refractivity (Wildman–Crippen MR) is 113 cm³/mol. The molecule has 3 rings (SSSR count). The molecular formula is C23H45N3. The molecule has 3 saturated heterocycles. The van der Waals surface area contributed by atoms with E-state index in [1.54, 1.807) is 0 Å². The van der Waals surface area contributed by atoms with Crippen molar-refractivity contribution in [2.45, 2.75) is 90.6 Å². The van der Waals surface area contributed by atoms with E-state index in [4.69, 9.17) is 0 Å². The van der Waals surface area contributed by atoms with Gasteiger partial charge in [0.05, 0.1) is 0 Å². The summed E-state index contributed by atoms with van der Waals surface area (Å²) in [6, 6.07) is 1.76. The summed E-state index contributed by atoms with van der Waals surface area (Å²) in [7, 11) is 0. The Morgan fingerprint density at radius 3 is 1.69 bits per heavy atom. The van der Waals surface area contributed by atoms with Gasteiger partial charge in [0.2, 0.25) is 0 Å². The minimum absolute atomic E-state index is 0.880. The van der Waals surface area contributed by atoms with E-state index in [1.165, 1.54) is 104 Å². The minimum Gasteiger partial charge on any atom is -0.303 e. The number of hydrogen-bond donors (Lipinski definition) is 0. The molecule has 3 aliphatic heterocycles. The van der Waals surface area contributed by atoms with E-state index >= 15 is 0 Å². The molecule has 0 atom stereocenters. The van der Waals surface area contributed by atoms with Crippen LogP contribution in [0.5, 0.6) is 0 Å². The van der Waals surface area contributed by atoms with Crippen LogP contribution in [0.1, 0.15) is 78.6 Å². The predicted octanol–water partition coefficient (Wildman–Crippen LogP) is 4.47. The largest absolute Gasteiger partial charge is 0.303 e. The lowest BCUT2D eigenvalue weighted by molar-refractivity contribution is 0.0382. The number of rotatable bonds is 7. The van der Waals surface area contributed by atoms with Gasteiger partial charge in [-0.05, 0) is 103 Å². The summed E-state index contributed by atoms with van der Waals surface area (Å²) in [5.74, 6) is 1.86.